The van der Waals surface area contributed by atoms with Gasteiger partial charge in [-0.05, 0) is 24.7 Å². The Balaban J connectivity index is 2.14. The van der Waals surface area contributed by atoms with Crippen LogP contribution in [0.3, 0.4) is 0 Å². The van der Waals surface area contributed by atoms with Crippen molar-refractivity contribution in [3.05, 3.63) is 33.6 Å². The molecule has 1 aliphatic rings. The van der Waals surface area contributed by atoms with Gasteiger partial charge in [-0.25, -0.2) is 4.39 Å². The van der Waals surface area contributed by atoms with Gasteiger partial charge in [0.15, 0.2) is 0 Å². The molecule has 8 heteroatoms. The van der Waals surface area contributed by atoms with Crippen LogP contribution in [0.1, 0.15) is 23.2 Å². The van der Waals surface area contributed by atoms with Crippen molar-refractivity contribution in [2.45, 2.75) is 18.1 Å². The Morgan fingerprint density at radius 3 is 2.95 bits per heavy atom. The summed E-state index contributed by atoms with van der Waals surface area (Å²) in [5, 5.41) is 13.7. The largest absolute Gasteiger partial charge is 0.393 e. The Kier molecular flexibility index (Phi) is 4.43. The Labute approximate surface area is 119 Å². The second-order valence-electron chi connectivity index (χ2n) is 4.49. The van der Waals surface area contributed by atoms with E-state index in [1.54, 1.807) is 11.8 Å². The van der Waals surface area contributed by atoms with Crippen LogP contribution in [0, 0.1) is 15.9 Å². The van der Waals surface area contributed by atoms with E-state index in [-0.39, 0.29) is 11.3 Å². The molecule has 1 fully saturated rings. The van der Waals surface area contributed by atoms with Crippen LogP contribution in [0.5, 0.6) is 0 Å². The first-order chi connectivity index (χ1) is 9.49. The summed E-state index contributed by atoms with van der Waals surface area (Å²) in [6.45, 7) is 0.452. The summed E-state index contributed by atoms with van der Waals surface area (Å²) in [5.74, 6) is -0.377. The lowest BCUT2D eigenvalue weighted by Crippen LogP contribution is -2.30. The van der Waals surface area contributed by atoms with Gasteiger partial charge in [-0.15, -0.1) is 0 Å². The van der Waals surface area contributed by atoms with E-state index < -0.39 is 22.3 Å². The molecule has 2 rings (SSSR count). The van der Waals surface area contributed by atoms with Crippen molar-refractivity contribution >= 4 is 29.0 Å². The van der Waals surface area contributed by atoms with Crippen molar-refractivity contribution in [2.24, 2.45) is 0 Å². The topological polar surface area (TPSA) is 98.3 Å². The molecule has 1 amide bonds. The summed E-state index contributed by atoms with van der Waals surface area (Å²) in [7, 11) is 0. The van der Waals surface area contributed by atoms with E-state index >= 15 is 0 Å². The van der Waals surface area contributed by atoms with Gasteiger partial charge in [-0.2, -0.15) is 11.8 Å². The molecular formula is C12H14FN3O3S. The van der Waals surface area contributed by atoms with Crippen LogP contribution in [0.15, 0.2) is 12.1 Å². The van der Waals surface area contributed by atoms with Crippen LogP contribution in [-0.4, -0.2) is 28.4 Å². The number of hydrogen-bond acceptors (Lipinski definition) is 5. The van der Waals surface area contributed by atoms with Crippen LogP contribution >= 0.6 is 11.8 Å². The summed E-state index contributed by atoms with van der Waals surface area (Å²) < 4.78 is 13.3. The fourth-order valence-electron chi connectivity index (χ4n) is 2.05. The van der Waals surface area contributed by atoms with Gasteiger partial charge in [0.25, 0.3) is 11.6 Å². The zero-order chi connectivity index (χ0) is 14.7. The summed E-state index contributed by atoms with van der Waals surface area (Å²) in [5.41, 5.74) is 4.46. The predicted molar refractivity (Wildman–Crippen MR) is 75.3 cm³/mol. The van der Waals surface area contributed by atoms with Crippen molar-refractivity contribution in [2.75, 3.05) is 18.0 Å². The van der Waals surface area contributed by atoms with Gasteiger partial charge < -0.3 is 11.1 Å². The van der Waals surface area contributed by atoms with E-state index in [2.05, 4.69) is 5.32 Å². The molecule has 6 nitrogen and oxygen atoms in total. The van der Waals surface area contributed by atoms with Gasteiger partial charge in [-0.1, -0.05) is 0 Å². The minimum Gasteiger partial charge on any atom is -0.393 e. The smallest absolute Gasteiger partial charge is 0.295 e. The molecule has 108 valence electrons. The number of halogens is 1. The molecule has 0 saturated carbocycles. The van der Waals surface area contributed by atoms with Gasteiger partial charge in [0.05, 0.1) is 16.6 Å². The number of rotatable bonds is 4. The van der Waals surface area contributed by atoms with Gasteiger partial charge in [0, 0.05) is 11.8 Å². The molecule has 20 heavy (non-hydrogen) atoms. The molecule has 0 radical (unpaired) electrons. The molecule has 0 spiro atoms. The van der Waals surface area contributed by atoms with E-state index in [9.17, 15) is 19.3 Å². The minimum atomic E-state index is -0.855. The first-order valence-corrected chi connectivity index (χ1v) is 7.17. The molecule has 0 aliphatic carbocycles. The van der Waals surface area contributed by atoms with E-state index in [1.807, 2.05) is 0 Å². The molecule has 1 unspecified atom stereocenters. The van der Waals surface area contributed by atoms with Crippen molar-refractivity contribution < 1.29 is 14.1 Å². The standard InChI is InChI=1S/C12H14FN3O3S/c13-7-4-9(11(14)10(5-7)16(18)19)12(17)15-6-8-2-1-3-20-8/h4-5,8H,1-3,6,14H2,(H,15,17). The van der Waals surface area contributed by atoms with E-state index in [4.69, 9.17) is 5.73 Å². The van der Waals surface area contributed by atoms with Gasteiger partial charge in [0.1, 0.15) is 11.5 Å². The number of thioether (sulfide) groups is 1. The van der Waals surface area contributed by atoms with Crippen LogP contribution in [-0.2, 0) is 0 Å². The summed E-state index contributed by atoms with van der Waals surface area (Å²) in [4.78, 5) is 21.9. The van der Waals surface area contributed by atoms with Gasteiger partial charge in [-0.3, -0.25) is 14.9 Å². The van der Waals surface area contributed by atoms with Crippen LogP contribution < -0.4 is 11.1 Å². The molecule has 1 aliphatic heterocycles. The molecular weight excluding hydrogens is 285 g/mol. The van der Waals surface area contributed by atoms with Gasteiger partial charge >= 0.3 is 0 Å². The predicted octanol–water partition coefficient (Wildman–Crippen LogP) is 1.94. The normalized spacial score (nSPS) is 17.9. The second kappa shape index (κ2) is 6.08. The first-order valence-electron chi connectivity index (χ1n) is 6.12. The van der Waals surface area contributed by atoms with Crippen molar-refractivity contribution in [1.82, 2.24) is 5.32 Å². The van der Waals surface area contributed by atoms with Crippen LogP contribution in [0.25, 0.3) is 0 Å². The van der Waals surface area contributed by atoms with Crippen molar-refractivity contribution in [3.8, 4) is 0 Å². The summed E-state index contributed by atoms with van der Waals surface area (Å²) >= 11 is 1.77. The van der Waals surface area contributed by atoms with E-state index in [0.29, 0.717) is 17.9 Å². The third kappa shape index (κ3) is 3.19. The lowest BCUT2D eigenvalue weighted by Gasteiger charge is -2.11. The summed E-state index contributed by atoms with van der Waals surface area (Å²) in [6.07, 6.45) is 2.13. The molecule has 1 heterocycles. The average molecular weight is 299 g/mol. The van der Waals surface area contributed by atoms with Gasteiger partial charge in [0.2, 0.25) is 0 Å². The lowest BCUT2D eigenvalue weighted by molar-refractivity contribution is -0.384. The maximum Gasteiger partial charge on any atom is 0.295 e. The highest BCUT2D eigenvalue weighted by Crippen LogP contribution is 2.28. The number of anilines is 1. The number of carbonyl (C=O) groups excluding carboxylic acids is 1. The van der Waals surface area contributed by atoms with Crippen LogP contribution in [0.4, 0.5) is 15.8 Å². The SMILES string of the molecule is Nc1c(C(=O)NCC2CCCS2)cc(F)cc1[N+](=O)[O-]. The van der Waals surface area contributed by atoms with E-state index in [0.717, 1.165) is 24.7 Å². The maximum atomic E-state index is 13.3. The fraction of sp³-hybridized carbons (Fsp3) is 0.417. The molecule has 0 aromatic heterocycles. The van der Waals surface area contributed by atoms with Crippen molar-refractivity contribution in [1.29, 1.82) is 0 Å². The monoisotopic (exact) mass is 299 g/mol. The number of benzene rings is 1. The Hall–Kier alpha value is -1.83. The highest BCUT2D eigenvalue weighted by Gasteiger charge is 2.23. The molecule has 1 aromatic carbocycles. The first kappa shape index (κ1) is 14.6. The highest BCUT2D eigenvalue weighted by molar-refractivity contribution is 8.00. The Bertz CT molecular complexity index is 547. The van der Waals surface area contributed by atoms with Crippen LogP contribution in [0.2, 0.25) is 0 Å². The average Bonchev–Trinajstić information content (AvgIpc) is 2.91. The van der Waals surface area contributed by atoms with E-state index in [1.165, 1.54) is 0 Å². The maximum absolute atomic E-state index is 13.3. The number of nitrogens with two attached hydrogens (primary N) is 1. The molecule has 1 aromatic rings. The number of carbonyl (C=O) groups is 1. The number of nitro benzene ring substituents is 1. The minimum absolute atomic E-state index is 0.195. The Morgan fingerprint density at radius 1 is 1.60 bits per heavy atom. The quantitative estimate of drug-likeness (QED) is 0.503. The summed E-state index contributed by atoms with van der Waals surface area (Å²) in [6, 6.07) is 1.62. The number of nitrogens with zero attached hydrogens (tertiary/aromatic N) is 1. The number of nitrogens with one attached hydrogen (secondary N) is 1. The fourth-order valence-corrected chi connectivity index (χ4v) is 3.25. The highest BCUT2D eigenvalue weighted by atomic mass is 32.2. The molecule has 0 bridgehead atoms. The third-order valence-corrected chi connectivity index (χ3v) is 4.48. The zero-order valence-electron chi connectivity index (χ0n) is 10.6. The molecule has 3 N–H and O–H groups in total. The number of hydrogen-bond donors (Lipinski definition) is 2. The third-order valence-electron chi connectivity index (χ3n) is 3.08. The second-order valence-corrected chi connectivity index (χ2v) is 5.90. The Morgan fingerprint density at radius 2 is 2.35 bits per heavy atom. The van der Waals surface area contributed by atoms with Crippen molar-refractivity contribution in [3.63, 3.8) is 0 Å². The molecule has 1 atom stereocenters. The number of nitrogen functional groups attached to an aromatic ring is 1. The number of amides is 1. The number of nitro groups is 1. The lowest BCUT2D eigenvalue weighted by atomic mass is 10.1. The zero-order valence-corrected chi connectivity index (χ0v) is 11.4. The molecule has 1 saturated heterocycles.